The lowest BCUT2D eigenvalue weighted by atomic mass is 10.2. The second-order valence-corrected chi connectivity index (χ2v) is 6.92. The van der Waals surface area contributed by atoms with Gasteiger partial charge < -0.3 is 10.1 Å². The molecule has 0 unspecified atom stereocenters. The number of hydrogen-bond donors (Lipinski definition) is 1. The zero-order valence-corrected chi connectivity index (χ0v) is 15.6. The molecular formula is C20H19FN2O3S. The molecule has 0 spiro atoms. The van der Waals surface area contributed by atoms with Crippen LogP contribution in [0.2, 0.25) is 0 Å². The maximum absolute atomic E-state index is 14.0. The molecule has 3 rings (SSSR count). The Morgan fingerprint density at radius 2 is 1.96 bits per heavy atom. The summed E-state index contributed by atoms with van der Waals surface area (Å²) >= 11 is 1.27. The number of carbonyl (C=O) groups is 2. The van der Waals surface area contributed by atoms with Gasteiger partial charge in [0.2, 0.25) is 5.91 Å². The summed E-state index contributed by atoms with van der Waals surface area (Å²) in [7, 11) is 1.55. The average Bonchev–Trinajstić information content (AvgIpc) is 2.67. The van der Waals surface area contributed by atoms with Gasteiger partial charge in [-0.1, -0.05) is 42.1 Å². The van der Waals surface area contributed by atoms with Crippen LogP contribution in [0.3, 0.4) is 0 Å². The van der Waals surface area contributed by atoms with Crippen molar-refractivity contribution >= 4 is 35.3 Å². The highest BCUT2D eigenvalue weighted by Gasteiger charge is 2.30. The van der Waals surface area contributed by atoms with E-state index in [2.05, 4.69) is 5.32 Å². The van der Waals surface area contributed by atoms with Gasteiger partial charge in [-0.3, -0.25) is 14.5 Å². The van der Waals surface area contributed by atoms with Gasteiger partial charge in [0.15, 0.2) is 0 Å². The molecule has 0 atom stereocenters. The van der Waals surface area contributed by atoms with Crippen molar-refractivity contribution in [2.45, 2.75) is 4.90 Å². The van der Waals surface area contributed by atoms with Crippen molar-refractivity contribution in [2.75, 3.05) is 31.7 Å². The fourth-order valence-electron chi connectivity index (χ4n) is 2.64. The Labute approximate surface area is 161 Å². The molecule has 7 heteroatoms. The lowest BCUT2D eigenvalue weighted by molar-refractivity contribution is -0.122. The summed E-state index contributed by atoms with van der Waals surface area (Å²) in [5, 5.41) is 2.71. The Morgan fingerprint density at radius 3 is 2.74 bits per heavy atom. The minimum absolute atomic E-state index is 0.116. The summed E-state index contributed by atoms with van der Waals surface area (Å²) in [5.74, 6) is -1.02. The molecule has 0 bridgehead atoms. The molecule has 2 aromatic carbocycles. The predicted octanol–water partition coefficient (Wildman–Crippen LogP) is 3.07. The Balaban J connectivity index is 1.89. The summed E-state index contributed by atoms with van der Waals surface area (Å²) in [6.45, 7) is 0.644. The number of hydrogen-bond acceptors (Lipinski definition) is 4. The molecule has 0 radical (unpaired) electrons. The van der Waals surface area contributed by atoms with Gasteiger partial charge in [0, 0.05) is 24.1 Å². The van der Waals surface area contributed by atoms with Crippen LogP contribution in [0, 0.1) is 5.82 Å². The lowest BCUT2D eigenvalue weighted by Gasteiger charge is -2.29. The van der Waals surface area contributed by atoms with Gasteiger partial charge in [0.05, 0.1) is 17.2 Å². The van der Waals surface area contributed by atoms with Gasteiger partial charge in [-0.15, -0.1) is 0 Å². The normalized spacial score (nSPS) is 15.0. The Hall–Kier alpha value is -2.64. The molecule has 27 heavy (non-hydrogen) atoms. The first-order valence-corrected chi connectivity index (χ1v) is 9.22. The molecule has 1 heterocycles. The Morgan fingerprint density at radius 1 is 1.22 bits per heavy atom. The molecule has 0 aliphatic carbocycles. The number of anilines is 1. The first-order chi connectivity index (χ1) is 13.1. The molecule has 0 fully saturated rings. The molecule has 5 nitrogen and oxygen atoms in total. The summed E-state index contributed by atoms with van der Waals surface area (Å²) in [6, 6.07) is 13.6. The third-order valence-electron chi connectivity index (χ3n) is 3.95. The van der Waals surface area contributed by atoms with Crippen LogP contribution in [-0.4, -0.2) is 38.6 Å². The summed E-state index contributed by atoms with van der Waals surface area (Å²) in [5.41, 5.74) is 0.998. The van der Waals surface area contributed by atoms with Crippen LogP contribution in [0.5, 0.6) is 0 Å². The van der Waals surface area contributed by atoms with Crippen molar-refractivity contribution in [2.24, 2.45) is 0 Å². The molecule has 1 aliphatic heterocycles. The molecule has 1 aliphatic rings. The Kier molecular flexibility index (Phi) is 6.26. The smallest absolute Gasteiger partial charge is 0.265 e. The van der Waals surface area contributed by atoms with Gasteiger partial charge in [0.25, 0.3) is 5.91 Å². The number of para-hydroxylation sites is 1. The van der Waals surface area contributed by atoms with Crippen molar-refractivity contribution in [1.29, 1.82) is 0 Å². The number of rotatable bonds is 6. The van der Waals surface area contributed by atoms with Crippen LogP contribution >= 0.6 is 11.8 Å². The van der Waals surface area contributed by atoms with Crippen LogP contribution in [0.4, 0.5) is 10.1 Å². The second kappa shape index (κ2) is 8.83. The minimum atomic E-state index is -0.402. The van der Waals surface area contributed by atoms with Gasteiger partial charge in [-0.25, -0.2) is 4.39 Å². The topological polar surface area (TPSA) is 58.6 Å². The molecule has 2 aromatic rings. The van der Waals surface area contributed by atoms with Gasteiger partial charge in [-0.2, -0.15) is 0 Å². The van der Waals surface area contributed by atoms with E-state index < -0.39 is 5.82 Å². The monoisotopic (exact) mass is 386 g/mol. The zero-order chi connectivity index (χ0) is 19.2. The molecule has 140 valence electrons. The van der Waals surface area contributed by atoms with E-state index in [0.29, 0.717) is 29.3 Å². The first kappa shape index (κ1) is 19.1. The summed E-state index contributed by atoms with van der Waals surface area (Å²) in [6.07, 6.45) is 1.52. The zero-order valence-electron chi connectivity index (χ0n) is 14.8. The fourth-order valence-corrected chi connectivity index (χ4v) is 3.69. The van der Waals surface area contributed by atoms with E-state index in [1.165, 1.54) is 28.8 Å². The molecular weight excluding hydrogens is 367 g/mol. The van der Waals surface area contributed by atoms with Crippen molar-refractivity contribution in [3.63, 3.8) is 0 Å². The summed E-state index contributed by atoms with van der Waals surface area (Å²) in [4.78, 5) is 27.8. The third-order valence-corrected chi connectivity index (χ3v) is 5.03. The number of thioether (sulfide) groups is 1. The van der Waals surface area contributed by atoms with Crippen molar-refractivity contribution in [3.05, 3.63) is 64.8 Å². The minimum Gasteiger partial charge on any atom is -0.383 e. The fraction of sp³-hybridized carbons (Fsp3) is 0.200. The number of halogens is 1. The molecule has 1 N–H and O–H groups in total. The van der Waals surface area contributed by atoms with Gasteiger partial charge in [0.1, 0.15) is 12.4 Å². The number of carbonyl (C=O) groups excluding carboxylic acids is 2. The van der Waals surface area contributed by atoms with Crippen LogP contribution in [0.15, 0.2) is 58.3 Å². The van der Waals surface area contributed by atoms with E-state index >= 15 is 0 Å². The van der Waals surface area contributed by atoms with E-state index in [4.69, 9.17) is 4.74 Å². The number of methoxy groups -OCH3 is 1. The standard InChI is InChI=1S/C20H19FN2O3S/c1-26-11-10-22-19(24)13-23-16-8-4-5-9-17(16)27-18(20(23)25)12-14-6-2-3-7-15(14)21/h2-9,12H,10-11,13H2,1H3,(H,22,24). The predicted molar refractivity (Wildman–Crippen MR) is 104 cm³/mol. The Bertz CT molecular complexity index is 885. The number of nitrogens with zero attached hydrogens (tertiary/aromatic N) is 1. The van der Waals surface area contributed by atoms with Crippen LogP contribution in [0.1, 0.15) is 5.56 Å². The highest BCUT2D eigenvalue weighted by atomic mass is 32.2. The van der Waals surface area contributed by atoms with Crippen LogP contribution < -0.4 is 10.2 Å². The van der Waals surface area contributed by atoms with Gasteiger partial charge >= 0.3 is 0 Å². The molecule has 0 saturated carbocycles. The van der Waals surface area contributed by atoms with E-state index in [0.717, 1.165) is 4.90 Å². The molecule has 0 saturated heterocycles. The number of fused-ring (bicyclic) bond motifs is 1. The molecule has 0 aromatic heterocycles. The maximum Gasteiger partial charge on any atom is 0.265 e. The quantitative estimate of drug-likeness (QED) is 0.612. The van der Waals surface area contributed by atoms with E-state index in [1.807, 2.05) is 18.2 Å². The largest absolute Gasteiger partial charge is 0.383 e. The number of benzene rings is 2. The van der Waals surface area contributed by atoms with Crippen molar-refractivity contribution in [1.82, 2.24) is 5.32 Å². The highest BCUT2D eigenvalue weighted by Crippen LogP contribution is 2.41. The van der Waals surface area contributed by atoms with Crippen LogP contribution in [-0.2, 0) is 14.3 Å². The SMILES string of the molecule is COCCNC(=O)CN1C(=O)C(=Cc2ccccc2F)Sc2ccccc21. The number of amides is 2. The van der Waals surface area contributed by atoms with E-state index in [1.54, 1.807) is 31.4 Å². The number of nitrogens with one attached hydrogen (secondary N) is 1. The van der Waals surface area contributed by atoms with E-state index in [9.17, 15) is 14.0 Å². The number of ether oxygens (including phenoxy) is 1. The second-order valence-electron chi connectivity index (χ2n) is 5.83. The van der Waals surface area contributed by atoms with Crippen molar-refractivity contribution in [3.8, 4) is 0 Å². The average molecular weight is 386 g/mol. The third kappa shape index (κ3) is 4.56. The van der Waals surface area contributed by atoms with Gasteiger partial charge in [-0.05, 0) is 24.3 Å². The van der Waals surface area contributed by atoms with Crippen molar-refractivity contribution < 1.29 is 18.7 Å². The first-order valence-electron chi connectivity index (χ1n) is 8.41. The summed E-state index contributed by atoms with van der Waals surface area (Å²) < 4.78 is 18.9. The maximum atomic E-state index is 14.0. The molecule has 2 amide bonds. The van der Waals surface area contributed by atoms with Crippen LogP contribution in [0.25, 0.3) is 6.08 Å². The van der Waals surface area contributed by atoms with E-state index in [-0.39, 0.29) is 18.4 Å². The lowest BCUT2D eigenvalue weighted by Crippen LogP contribution is -2.43. The highest BCUT2D eigenvalue weighted by molar-refractivity contribution is 8.04.